The van der Waals surface area contributed by atoms with Crippen molar-refractivity contribution >= 4 is 22.7 Å². The Morgan fingerprint density at radius 2 is 1.92 bits per heavy atom. The van der Waals surface area contributed by atoms with E-state index in [1.807, 2.05) is 11.8 Å². The second-order valence-electron chi connectivity index (χ2n) is 2.82. The number of hydrogen-bond acceptors (Lipinski definition) is 1. The van der Waals surface area contributed by atoms with Gasteiger partial charge in [0.25, 0.3) is 0 Å². The lowest BCUT2D eigenvalue weighted by atomic mass is 10.2. The molecule has 0 aromatic heterocycles. The van der Waals surface area contributed by atoms with E-state index in [0.717, 1.165) is 0 Å². The first-order valence-electron chi connectivity index (χ1n) is 3.95. The van der Waals surface area contributed by atoms with Crippen LogP contribution in [0.3, 0.4) is 0 Å². The molecule has 1 atom stereocenters. The summed E-state index contributed by atoms with van der Waals surface area (Å²) in [4.78, 5) is 0. The smallest absolute Gasteiger partial charge is 0.112 e. The molecule has 0 aliphatic carbocycles. The van der Waals surface area contributed by atoms with E-state index in [1.54, 1.807) is 0 Å². The molecule has 0 radical (unpaired) electrons. The van der Waals surface area contributed by atoms with Gasteiger partial charge in [0.05, 0.1) is 6.26 Å². The average Bonchev–Trinajstić information content (AvgIpc) is 2.06. The molecule has 2 heteroatoms. The maximum absolute atomic E-state index is 2.34. The van der Waals surface area contributed by atoms with Gasteiger partial charge in [-0.15, -0.1) is 11.8 Å². The second-order valence-corrected chi connectivity index (χ2v) is 6.19. The first-order chi connectivity index (χ1) is 5.83. The molecule has 12 heavy (non-hydrogen) atoms. The van der Waals surface area contributed by atoms with Crippen molar-refractivity contribution in [2.75, 3.05) is 17.6 Å². The Kier molecular flexibility index (Phi) is 4.62. The van der Waals surface area contributed by atoms with E-state index in [1.165, 1.54) is 16.4 Å². The molecule has 0 amide bonds. The normalized spacial score (nSPS) is 12.8. The molecule has 1 aromatic carbocycles. The highest BCUT2D eigenvalue weighted by molar-refractivity contribution is 8.13. The highest BCUT2D eigenvalue weighted by Gasteiger charge is 2.09. The van der Waals surface area contributed by atoms with Gasteiger partial charge < -0.3 is 0 Å². The van der Waals surface area contributed by atoms with Crippen LogP contribution in [0.5, 0.6) is 0 Å². The van der Waals surface area contributed by atoms with E-state index in [0.29, 0.717) is 10.9 Å². The summed E-state index contributed by atoms with van der Waals surface area (Å²) >= 11 is 1.94. The van der Waals surface area contributed by atoms with E-state index >= 15 is 0 Å². The molecular formula is C10H15S2+. The average molecular weight is 199 g/mol. The molecule has 0 aliphatic heterocycles. The molecule has 0 spiro atoms. The third-order valence-corrected chi connectivity index (χ3v) is 4.95. The van der Waals surface area contributed by atoms with Crippen LogP contribution in [-0.2, 0) is 16.6 Å². The molecule has 0 aliphatic rings. The predicted molar refractivity (Wildman–Crippen MR) is 61.8 cm³/mol. The van der Waals surface area contributed by atoms with Gasteiger partial charge in [0.15, 0.2) is 5.08 Å². The van der Waals surface area contributed by atoms with Gasteiger partial charge in [-0.2, -0.15) is 0 Å². The molecule has 1 aromatic rings. The summed E-state index contributed by atoms with van der Waals surface area (Å²) in [5, 5.41) is 1.29. The Balaban J connectivity index is 2.41. The Hall–Kier alpha value is -0.0800. The molecule has 1 rings (SSSR count). The van der Waals surface area contributed by atoms with Crippen molar-refractivity contribution in [2.24, 2.45) is 0 Å². The van der Waals surface area contributed by atoms with E-state index < -0.39 is 0 Å². The van der Waals surface area contributed by atoms with Gasteiger partial charge in [-0.3, -0.25) is 0 Å². The van der Waals surface area contributed by atoms with Crippen molar-refractivity contribution in [3.05, 3.63) is 35.9 Å². The fourth-order valence-corrected chi connectivity index (χ4v) is 3.81. The summed E-state index contributed by atoms with van der Waals surface area (Å²) < 4.78 is 0. The number of benzene rings is 1. The standard InChI is InChI=1S/C10H15S2/c1-11-9-12(2)8-10-6-4-3-5-7-10/h3-7H,8-9H2,1-2H3/q+1. The van der Waals surface area contributed by atoms with Gasteiger partial charge >= 0.3 is 0 Å². The minimum atomic E-state index is 0.542. The number of thioether (sulfide) groups is 1. The Morgan fingerprint density at radius 1 is 1.25 bits per heavy atom. The van der Waals surface area contributed by atoms with Crippen molar-refractivity contribution < 1.29 is 0 Å². The molecule has 0 saturated carbocycles. The zero-order valence-electron chi connectivity index (χ0n) is 7.62. The van der Waals surface area contributed by atoms with Crippen molar-refractivity contribution in [3.63, 3.8) is 0 Å². The minimum Gasteiger partial charge on any atom is -0.112 e. The summed E-state index contributed by atoms with van der Waals surface area (Å²) in [5.41, 5.74) is 1.47. The molecule has 0 N–H and O–H groups in total. The summed E-state index contributed by atoms with van der Waals surface area (Å²) in [6.07, 6.45) is 4.51. The topological polar surface area (TPSA) is 0 Å². The van der Waals surface area contributed by atoms with Crippen molar-refractivity contribution in [1.82, 2.24) is 0 Å². The maximum atomic E-state index is 2.34. The third-order valence-electron chi connectivity index (χ3n) is 1.57. The van der Waals surface area contributed by atoms with E-state index in [9.17, 15) is 0 Å². The SMILES string of the molecule is CSC[S+](C)Cc1ccccc1. The summed E-state index contributed by atoms with van der Waals surface area (Å²) in [5.74, 6) is 1.24. The third kappa shape index (κ3) is 3.55. The molecule has 66 valence electrons. The molecule has 0 bridgehead atoms. The zero-order valence-corrected chi connectivity index (χ0v) is 9.25. The van der Waals surface area contributed by atoms with Crippen LogP contribution in [0, 0.1) is 0 Å². The summed E-state index contributed by atoms with van der Waals surface area (Å²) in [7, 11) is 0.542. The highest BCUT2D eigenvalue weighted by atomic mass is 32.2. The molecule has 0 fully saturated rings. The zero-order chi connectivity index (χ0) is 8.81. The first-order valence-corrected chi connectivity index (χ1v) is 7.31. The number of rotatable bonds is 4. The Morgan fingerprint density at radius 3 is 2.50 bits per heavy atom. The lowest BCUT2D eigenvalue weighted by Gasteiger charge is -2.00. The van der Waals surface area contributed by atoms with Crippen LogP contribution >= 0.6 is 11.8 Å². The maximum Gasteiger partial charge on any atom is 0.153 e. The van der Waals surface area contributed by atoms with Crippen molar-refractivity contribution in [3.8, 4) is 0 Å². The van der Waals surface area contributed by atoms with Crippen LogP contribution < -0.4 is 0 Å². The molecular weight excluding hydrogens is 184 g/mol. The van der Waals surface area contributed by atoms with E-state index in [4.69, 9.17) is 0 Å². The fourth-order valence-electron chi connectivity index (χ4n) is 1.10. The van der Waals surface area contributed by atoms with Gasteiger partial charge in [0.2, 0.25) is 0 Å². The lowest BCUT2D eigenvalue weighted by molar-refractivity contribution is 1.40. The summed E-state index contributed by atoms with van der Waals surface area (Å²) in [6, 6.07) is 10.7. The van der Waals surface area contributed by atoms with Gasteiger partial charge in [0, 0.05) is 5.56 Å². The first kappa shape index (κ1) is 10.0. The molecule has 0 nitrogen and oxygen atoms in total. The van der Waals surface area contributed by atoms with Crippen LogP contribution in [0.4, 0.5) is 0 Å². The second kappa shape index (κ2) is 5.55. The van der Waals surface area contributed by atoms with Gasteiger partial charge in [-0.25, -0.2) is 0 Å². The van der Waals surface area contributed by atoms with E-state index in [2.05, 4.69) is 42.8 Å². The molecule has 0 heterocycles. The van der Waals surface area contributed by atoms with Crippen molar-refractivity contribution in [2.45, 2.75) is 5.75 Å². The van der Waals surface area contributed by atoms with Gasteiger partial charge in [-0.05, 0) is 17.2 Å². The summed E-state index contributed by atoms with van der Waals surface area (Å²) in [6.45, 7) is 0. The molecule has 0 saturated heterocycles. The van der Waals surface area contributed by atoms with Crippen LogP contribution in [0.15, 0.2) is 30.3 Å². The number of hydrogen-bond donors (Lipinski definition) is 0. The van der Waals surface area contributed by atoms with E-state index in [-0.39, 0.29) is 0 Å². The van der Waals surface area contributed by atoms with Crippen LogP contribution in [0.1, 0.15) is 5.56 Å². The minimum absolute atomic E-state index is 0.542. The molecule has 1 unspecified atom stereocenters. The van der Waals surface area contributed by atoms with Crippen LogP contribution in [-0.4, -0.2) is 17.6 Å². The Labute approximate surface area is 82.1 Å². The lowest BCUT2D eigenvalue weighted by Crippen LogP contribution is -2.04. The van der Waals surface area contributed by atoms with Crippen molar-refractivity contribution in [1.29, 1.82) is 0 Å². The largest absolute Gasteiger partial charge is 0.153 e. The fraction of sp³-hybridized carbons (Fsp3) is 0.400. The quantitative estimate of drug-likeness (QED) is 0.672. The predicted octanol–water partition coefficient (Wildman–Crippen LogP) is 2.76. The van der Waals surface area contributed by atoms with Gasteiger partial charge in [0.1, 0.15) is 5.75 Å². The van der Waals surface area contributed by atoms with Crippen LogP contribution in [0.25, 0.3) is 0 Å². The van der Waals surface area contributed by atoms with Gasteiger partial charge in [-0.1, -0.05) is 30.3 Å². The highest BCUT2D eigenvalue weighted by Crippen LogP contribution is 2.10. The monoisotopic (exact) mass is 199 g/mol. The Bertz CT molecular complexity index is 208. The van der Waals surface area contributed by atoms with Crippen LogP contribution in [0.2, 0.25) is 0 Å².